The summed E-state index contributed by atoms with van der Waals surface area (Å²) >= 11 is 0. The molecule has 5 fully saturated rings. The minimum atomic E-state index is -3.83. The van der Waals surface area contributed by atoms with Gasteiger partial charge in [-0.2, -0.15) is 0 Å². The van der Waals surface area contributed by atoms with Crippen molar-refractivity contribution in [2.45, 2.75) is 108 Å². The van der Waals surface area contributed by atoms with Crippen molar-refractivity contribution in [3.05, 3.63) is 101 Å². The van der Waals surface area contributed by atoms with Crippen LogP contribution in [0.25, 0.3) is 0 Å². The molecule has 5 saturated carbocycles. The highest BCUT2D eigenvalue weighted by molar-refractivity contribution is 7.92. The van der Waals surface area contributed by atoms with E-state index in [0.717, 1.165) is 66.4 Å². The molecule has 0 aliphatic heterocycles. The minimum absolute atomic E-state index is 0.0749. The number of rotatable bonds is 12. The zero-order valence-corrected chi connectivity index (χ0v) is 30.5. The largest absolute Gasteiger partial charge is 0.352 e. The molecule has 1 N–H and O–H groups in total. The summed E-state index contributed by atoms with van der Waals surface area (Å²) in [6.45, 7) is 1.82. The molecule has 3 aromatic carbocycles. The molecule has 266 valence electrons. The Kier molecular flexibility index (Phi) is 10.1. The maximum absolute atomic E-state index is 14.6. The number of carbonyl (C=O) groups is 2. The molecule has 0 saturated heterocycles. The highest BCUT2D eigenvalue weighted by Gasteiger charge is 2.51. The Labute approximate surface area is 298 Å². The van der Waals surface area contributed by atoms with Gasteiger partial charge in [-0.25, -0.2) is 8.42 Å². The number of carbonyl (C=O) groups excluding carboxylic acids is 2. The van der Waals surface area contributed by atoms with E-state index in [4.69, 9.17) is 0 Å². The summed E-state index contributed by atoms with van der Waals surface area (Å²) in [5.74, 6) is 1.84. The first-order chi connectivity index (χ1) is 24.0. The van der Waals surface area contributed by atoms with Gasteiger partial charge in [0.25, 0.3) is 0 Å². The maximum Gasteiger partial charge on any atom is 0.244 e. The SMILES string of the molecule is Cc1ccc(CN(C(=O)CN(c2ccc(C34CC5CC(CC(C5)C3)C4)cc2)S(C)(=O)=O)[C@H](Cc2ccccc2)C(=O)NC2CCCCC2)cc1. The van der Waals surface area contributed by atoms with E-state index in [1.54, 1.807) is 4.90 Å². The quantitative estimate of drug-likeness (QED) is 0.215. The summed E-state index contributed by atoms with van der Waals surface area (Å²) in [5, 5.41) is 3.28. The van der Waals surface area contributed by atoms with Gasteiger partial charge >= 0.3 is 0 Å². The molecule has 0 unspecified atom stereocenters. The van der Waals surface area contributed by atoms with Gasteiger partial charge < -0.3 is 10.2 Å². The zero-order chi connectivity index (χ0) is 34.9. The fourth-order valence-electron chi connectivity index (χ4n) is 10.0. The van der Waals surface area contributed by atoms with Crippen LogP contribution in [0.2, 0.25) is 0 Å². The molecular weight excluding hydrogens is 643 g/mol. The number of hydrogen-bond donors (Lipinski definition) is 1. The van der Waals surface area contributed by atoms with Gasteiger partial charge in [0.1, 0.15) is 12.6 Å². The van der Waals surface area contributed by atoms with Crippen LogP contribution in [0.4, 0.5) is 5.69 Å². The van der Waals surface area contributed by atoms with E-state index in [1.807, 2.05) is 73.7 Å². The molecule has 7 nitrogen and oxygen atoms in total. The molecule has 0 radical (unpaired) electrons. The lowest BCUT2D eigenvalue weighted by Crippen LogP contribution is -2.55. The fourth-order valence-corrected chi connectivity index (χ4v) is 10.9. The van der Waals surface area contributed by atoms with Crippen LogP contribution in [-0.4, -0.2) is 50.0 Å². The van der Waals surface area contributed by atoms with E-state index in [2.05, 4.69) is 17.4 Å². The van der Waals surface area contributed by atoms with Crippen LogP contribution < -0.4 is 9.62 Å². The standard InChI is InChI=1S/C42H53N3O4S/c1-30-13-15-32(16-14-30)28-44(39(24-31-9-5-3-6-10-31)41(47)43-37-11-7-4-8-12-37)40(46)29-45(50(2,48)49)38-19-17-36(18-20-38)42-25-33-21-34(26-42)23-35(22-33)27-42/h3,5-6,9-10,13-20,33-35,37,39H,4,7-8,11-12,21-29H2,1-2H3,(H,43,47)/t33?,34?,35?,39-,42?/m1/s1. The first-order valence-electron chi connectivity index (χ1n) is 18.8. The minimum Gasteiger partial charge on any atom is -0.352 e. The second kappa shape index (κ2) is 14.5. The number of benzene rings is 3. The van der Waals surface area contributed by atoms with Gasteiger partial charge in [0.15, 0.2) is 0 Å². The molecule has 4 bridgehead atoms. The molecule has 5 aliphatic carbocycles. The first-order valence-corrected chi connectivity index (χ1v) is 20.7. The van der Waals surface area contributed by atoms with Crippen LogP contribution in [0.5, 0.6) is 0 Å². The van der Waals surface area contributed by atoms with Gasteiger partial charge in [-0.05, 0) is 110 Å². The van der Waals surface area contributed by atoms with Crippen LogP contribution in [0.15, 0.2) is 78.9 Å². The van der Waals surface area contributed by atoms with Crippen LogP contribution in [0.3, 0.4) is 0 Å². The summed E-state index contributed by atoms with van der Waals surface area (Å²) in [7, 11) is -3.83. The highest BCUT2D eigenvalue weighted by atomic mass is 32.2. The average Bonchev–Trinajstić information content (AvgIpc) is 3.09. The van der Waals surface area contributed by atoms with Crippen LogP contribution >= 0.6 is 0 Å². The Morgan fingerprint density at radius 1 is 0.800 bits per heavy atom. The first kappa shape index (κ1) is 34.8. The Bertz CT molecular complexity index is 1720. The molecule has 8 heteroatoms. The van der Waals surface area contributed by atoms with Gasteiger partial charge in [0, 0.05) is 19.0 Å². The molecule has 2 amide bonds. The third-order valence-corrected chi connectivity index (χ3v) is 13.3. The Hall–Kier alpha value is -3.65. The lowest BCUT2D eigenvalue weighted by Gasteiger charge is -2.57. The monoisotopic (exact) mass is 695 g/mol. The smallest absolute Gasteiger partial charge is 0.244 e. The molecule has 0 aromatic heterocycles. The van der Waals surface area contributed by atoms with Crippen molar-refractivity contribution in [2.24, 2.45) is 17.8 Å². The number of nitrogens with one attached hydrogen (secondary N) is 1. The summed E-state index contributed by atoms with van der Waals surface area (Å²) in [4.78, 5) is 30.4. The summed E-state index contributed by atoms with van der Waals surface area (Å²) in [6.07, 6.45) is 14.4. The van der Waals surface area contributed by atoms with Gasteiger partial charge in [-0.1, -0.05) is 91.6 Å². The van der Waals surface area contributed by atoms with Crippen LogP contribution in [0, 0.1) is 24.7 Å². The molecule has 50 heavy (non-hydrogen) atoms. The fraction of sp³-hybridized carbons (Fsp3) is 0.524. The molecule has 1 atom stereocenters. The Balaban J connectivity index is 1.18. The topological polar surface area (TPSA) is 86.8 Å². The molecule has 0 heterocycles. The van der Waals surface area contributed by atoms with Gasteiger partial charge in [-0.15, -0.1) is 0 Å². The lowest BCUT2D eigenvalue weighted by atomic mass is 9.48. The normalized spacial score (nSPS) is 25.2. The van der Waals surface area contributed by atoms with Crippen LogP contribution in [0.1, 0.15) is 92.9 Å². The van der Waals surface area contributed by atoms with Gasteiger partial charge in [-0.3, -0.25) is 13.9 Å². The van der Waals surface area contributed by atoms with Crippen molar-refractivity contribution < 1.29 is 18.0 Å². The van der Waals surface area contributed by atoms with Crippen molar-refractivity contribution in [1.29, 1.82) is 0 Å². The number of aryl methyl sites for hydroxylation is 1. The summed E-state index contributed by atoms with van der Waals surface area (Å²) in [5.41, 5.74) is 4.92. The average molecular weight is 696 g/mol. The van der Waals surface area contributed by atoms with Crippen molar-refractivity contribution in [2.75, 3.05) is 17.1 Å². The molecule has 8 rings (SSSR count). The second-order valence-electron chi connectivity index (χ2n) is 16.1. The predicted octanol–water partition coefficient (Wildman–Crippen LogP) is 7.32. The Morgan fingerprint density at radius 2 is 1.40 bits per heavy atom. The maximum atomic E-state index is 14.6. The van der Waals surface area contributed by atoms with E-state index in [1.165, 1.54) is 54.8 Å². The molecular formula is C42H53N3O4S. The van der Waals surface area contributed by atoms with E-state index in [9.17, 15) is 18.0 Å². The number of sulfonamides is 1. The van der Waals surface area contributed by atoms with Crippen molar-refractivity contribution in [3.8, 4) is 0 Å². The number of anilines is 1. The van der Waals surface area contributed by atoms with Gasteiger partial charge in [0.05, 0.1) is 11.9 Å². The van der Waals surface area contributed by atoms with E-state index < -0.39 is 22.0 Å². The second-order valence-corrected chi connectivity index (χ2v) is 18.0. The van der Waals surface area contributed by atoms with Gasteiger partial charge in [0.2, 0.25) is 21.8 Å². The lowest BCUT2D eigenvalue weighted by molar-refractivity contribution is -0.140. The van der Waals surface area contributed by atoms with E-state index in [-0.39, 0.29) is 30.5 Å². The molecule has 3 aromatic rings. The molecule has 0 spiro atoms. The van der Waals surface area contributed by atoms with Crippen molar-refractivity contribution in [3.63, 3.8) is 0 Å². The highest BCUT2D eigenvalue weighted by Crippen LogP contribution is 2.60. The molecule has 5 aliphatic rings. The van der Waals surface area contributed by atoms with E-state index in [0.29, 0.717) is 12.1 Å². The number of nitrogens with zero attached hydrogens (tertiary/aromatic N) is 2. The third-order valence-electron chi connectivity index (χ3n) is 12.2. The number of amides is 2. The van der Waals surface area contributed by atoms with Crippen molar-refractivity contribution in [1.82, 2.24) is 10.2 Å². The summed E-state index contributed by atoms with van der Waals surface area (Å²) in [6, 6.07) is 25.0. The van der Waals surface area contributed by atoms with E-state index >= 15 is 0 Å². The van der Waals surface area contributed by atoms with Crippen LogP contribution in [-0.2, 0) is 38.0 Å². The van der Waals surface area contributed by atoms with Crippen molar-refractivity contribution >= 4 is 27.5 Å². The third kappa shape index (κ3) is 7.80. The zero-order valence-electron chi connectivity index (χ0n) is 29.7. The number of hydrogen-bond acceptors (Lipinski definition) is 4. The Morgan fingerprint density at radius 3 is 1.98 bits per heavy atom. The predicted molar refractivity (Wildman–Crippen MR) is 199 cm³/mol. The summed E-state index contributed by atoms with van der Waals surface area (Å²) < 4.78 is 28.1.